The first-order valence-electron chi connectivity index (χ1n) is 13.7. The third-order valence-electron chi connectivity index (χ3n) is 12.1. The van der Waals surface area contributed by atoms with E-state index in [-0.39, 0.29) is 39.6 Å². The SMILES string of the molecule is CC(C)=CCC[C@](C)(O)[C@@H]1CC[C@]2(C)[C@@H]1C[C@@H](O)[C@H]1[C@@]3(C)CCC(=O)C(C)(C)[C@@H]3CC[C@]12C. The maximum Gasteiger partial charge on any atom is 0.138 e. The van der Waals surface area contributed by atoms with Crippen LogP contribution < -0.4 is 0 Å². The predicted octanol–water partition coefficient (Wildman–Crippen LogP) is 6.71. The molecule has 4 saturated carbocycles. The lowest BCUT2D eigenvalue weighted by Gasteiger charge is -2.70. The van der Waals surface area contributed by atoms with Crippen LogP contribution in [0.5, 0.6) is 0 Å². The van der Waals surface area contributed by atoms with E-state index in [0.717, 1.165) is 51.4 Å². The summed E-state index contributed by atoms with van der Waals surface area (Å²) in [6.07, 6.45) is 10.3. The van der Waals surface area contributed by atoms with Crippen molar-refractivity contribution in [2.45, 2.75) is 125 Å². The number of hydrogen-bond donors (Lipinski definition) is 2. The minimum absolute atomic E-state index is 0.00184. The number of aliphatic hydroxyl groups excluding tert-OH is 1. The molecule has 0 aliphatic heterocycles. The molecule has 0 spiro atoms. The van der Waals surface area contributed by atoms with Crippen molar-refractivity contribution in [2.24, 2.45) is 45.3 Å². The Morgan fingerprint density at radius 1 is 1.06 bits per heavy atom. The average Bonchev–Trinajstić information content (AvgIpc) is 3.03. The normalized spacial score (nSPS) is 48.3. The van der Waals surface area contributed by atoms with Gasteiger partial charge in [-0.3, -0.25) is 4.79 Å². The molecule has 0 saturated heterocycles. The lowest BCUT2D eigenvalue weighted by molar-refractivity contribution is -0.241. The number of rotatable bonds is 4. The third kappa shape index (κ3) is 3.53. The van der Waals surface area contributed by atoms with Crippen molar-refractivity contribution < 1.29 is 15.0 Å². The number of carbonyl (C=O) groups excluding carboxylic acids is 1. The van der Waals surface area contributed by atoms with Crippen LogP contribution in [0.3, 0.4) is 0 Å². The summed E-state index contributed by atoms with van der Waals surface area (Å²) in [5.74, 6) is 1.59. The molecule has 4 fully saturated rings. The van der Waals surface area contributed by atoms with Crippen molar-refractivity contribution in [1.82, 2.24) is 0 Å². The summed E-state index contributed by atoms with van der Waals surface area (Å²) in [5.41, 5.74) is 0.492. The van der Waals surface area contributed by atoms with Gasteiger partial charge in [0.25, 0.3) is 0 Å². The van der Waals surface area contributed by atoms with E-state index in [9.17, 15) is 15.0 Å². The summed E-state index contributed by atoms with van der Waals surface area (Å²) >= 11 is 0. The topological polar surface area (TPSA) is 57.5 Å². The molecular formula is C30H50O3. The summed E-state index contributed by atoms with van der Waals surface area (Å²) in [6.45, 7) is 18.0. The Balaban J connectivity index is 1.67. The minimum Gasteiger partial charge on any atom is -0.393 e. The van der Waals surface area contributed by atoms with E-state index >= 15 is 0 Å². The molecule has 3 heteroatoms. The highest BCUT2D eigenvalue weighted by atomic mass is 16.3. The molecule has 4 rings (SSSR count). The molecule has 0 heterocycles. The van der Waals surface area contributed by atoms with Crippen LogP contribution in [0.15, 0.2) is 11.6 Å². The van der Waals surface area contributed by atoms with Crippen molar-refractivity contribution in [3.8, 4) is 0 Å². The van der Waals surface area contributed by atoms with Gasteiger partial charge in [-0.2, -0.15) is 0 Å². The Labute approximate surface area is 202 Å². The molecule has 0 radical (unpaired) electrons. The van der Waals surface area contributed by atoms with Gasteiger partial charge in [0.05, 0.1) is 11.7 Å². The van der Waals surface area contributed by atoms with Gasteiger partial charge in [-0.1, -0.05) is 46.3 Å². The second-order valence-electron chi connectivity index (χ2n) is 14.3. The Bertz CT molecular complexity index is 820. The zero-order valence-corrected chi connectivity index (χ0v) is 22.6. The first-order chi connectivity index (χ1) is 15.1. The minimum atomic E-state index is -0.697. The molecular weight excluding hydrogens is 408 g/mol. The fourth-order valence-corrected chi connectivity index (χ4v) is 10.2. The number of fused-ring (bicyclic) bond motifs is 5. The summed E-state index contributed by atoms with van der Waals surface area (Å²) in [6, 6.07) is 0. The van der Waals surface area contributed by atoms with E-state index in [4.69, 9.17) is 0 Å². The average molecular weight is 459 g/mol. The number of allylic oxidation sites excluding steroid dienone is 2. The number of Topliss-reactive ketones (excluding diaryl/α,β-unsaturated/α-hetero) is 1. The molecule has 0 aromatic carbocycles. The summed E-state index contributed by atoms with van der Waals surface area (Å²) < 4.78 is 0. The Kier molecular flexibility index (Phi) is 6.10. The van der Waals surface area contributed by atoms with Crippen LogP contribution in [0, 0.1) is 45.3 Å². The molecule has 9 atom stereocenters. The van der Waals surface area contributed by atoms with Crippen LogP contribution in [0.4, 0.5) is 0 Å². The molecule has 3 nitrogen and oxygen atoms in total. The monoisotopic (exact) mass is 458 g/mol. The van der Waals surface area contributed by atoms with Gasteiger partial charge in [-0.05, 0) is 112 Å². The molecule has 4 aliphatic rings. The maximum atomic E-state index is 12.9. The zero-order valence-electron chi connectivity index (χ0n) is 22.6. The number of ketones is 1. The quantitative estimate of drug-likeness (QED) is 0.460. The summed E-state index contributed by atoms with van der Waals surface area (Å²) in [7, 11) is 0. The van der Waals surface area contributed by atoms with Crippen LogP contribution in [0.25, 0.3) is 0 Å². The molecule has 0 bridgehead atoms. The van der Waals surface area contributed by atoms with E-state index in [2.05, 4.69) is 61.5 Å². The molecule has 188 valence electrons. The first-order valence-corrected chi connectivity index (χ1v) is 13.7. The van der Waals surface area contributed by atoms with Crippen LogP contribution in [-0.4, -0.2) is 27.7 Å². The summed E-state index contributed by atoms with van der Waals surface area (Å²) in [5, 5.41) is 23.5. The fourth-order valence-electron chi connectivity index (χ4n) is 10.2. The first kappa shape index (κ1) is 25.4. The lowest BCUT2D eigenvalue weighted by atomic mass is 9.35. The number of carbonyl (C=O) groups is 1. The van der Waals surface area contributed by atoms with Gasteiger partial charge in [0, 0.05) is 11.8 Å². The third-order valence-corrected chi connectivity index (χ3v) is 12.1. The lowest BCUT2D eigenvalue weighted by Crippen LogP contribution is -2.67. The largest absolute Gasteiger partial charge is 0.393 e. The van der Waals surface area contributed by atoms with Crippen LogP contribution in [0.1, 0.15) is 113 Å². The van der Waals surface area contributed by atoms with Crippen molar-refractivity contribution in [2.75, 3.05) is 0 Å². The van der Waals surface area contributed by atoms with E-state index < -0.39 is 5.60 Å². The standard InChI is InChI=1S/C30H50O3/c1-19(2)10-9-14-30(8,33)20-11-16-28(6)21(20)18-22(31)25-27(5)15-13-24(32)26(3,4)23(27)12-17-29(25,28)7/h10,20-23,25,31,33H,9,11-18H2,1-8H3/t20-,21-,22-,23+,25+,27+,28-,29-,30+/m1/s1. The highest BCUT2D eigenvalue weighted by Gasteiger charge is 2.71. The zero-order chi connectivity index (χ0) is 24.6. The molecule has 4 aliphatic carbocycles. The van der Waals surface area contributed by atoms with Gasteiger partial charge < -0.3 is 10.2 Å². The molecule has 0 amide bonds. The second kappa shape index (κ2) is 7.92. The van der Waals surface area contributed by atoms with Gasteiger partial charge in [0.2, 0.25) is 0 Å². The van der Waals surface area contributed by atoms with Crippen LogP contribution >= 0.6 is 0 Å². The van der Waals surface area contributed by atoms with E-state index in [1.807, 2.05) is 0 Å². The van der Waals surface area contributed by atoms with Crippen LogP contribution in [0.2, 0.25) is 0 Å². The number of hydrogen-bond acceptors (Lipinski definition) is 3. The van der Waals surface area contributed by atoms with E-state index in [0.29, 0.717) is 24.0 Å². The molecule has 0 aromatic rings. The van der Waals surface area contributed by atoms with Crippen LogP contribution in [-0.2, 0) is 4.79 Å². The van der Waals surface area contributed by atoms with Gasteiger partial charge in [-0.15, -0.1) is 0 Å². The number of aliphatic hydroxyl groups is 2. The Hall–Kier alpha value is -0.670. The van der Waals surface area contributed by atoms with E-state index in [1.54, 1.807) is 0 Å². The smallest absolute Gasteiger partial charge is 0.138 e. The van der Waals surface area contributed by atoms with Crippen molar-refractivity contribution in [3.05, 3.63) is 11.6 Å². The molecule has 0 unspecified atom stereocenters. The van der Waals surface area contributed by atoms with Gasteiger partial charge >= 0.3 is 0 Å². The Morgan fingerprint density at radius 3 is 2.33 bits per heavy atom. The molecule has 2 N–H and O–H groups in total. The molecule has 0 aromatic heterocycles. The van der Waals surface area contributed by atoms with Gasteiger partial charge in [0.1, 0.15) is 5.78 Å². The van der Waals surface area contributed by atoms with Crippen molar-refractivity contribution in [1.29, 1.82) is 0 Å². The van der Waals surface area contributed by atoms with Crippen molar-refractivity contribution in [3.63, 3.8) is 0 Å². The highest BCUT2D eigenvalue weighted by Crippen LogP contribution is 2.75. The van der Waals surface area contributed by atoms with Gasteiger partial charge in [-0.25, -0.2) is 0 Å². The van der Waals surface area contributed by atoms with Gasteiger partial charge in [0.15, 0.2) is 0 Å². The summed E-state index contributed by atoms with van der Waals surface area (Å²) in [4.78, 5) is 12.9. The molecule has 33 heavy (non-hydrogen) atoms. The second-order valence-corrected chi connectivity index (χ2v) is 14.3. The maximum absolute atomic E-state index is 12.9. The fraction of sp³-hybridized carbons (Fsp3) is 0.900. The Morgan fingerprint density at radius 2 is 1.70 bits per heavy atom. The van der Waals surface area contributed by atoms with Crippen molar-refractivity contribution >= 4 is 5.78 Å². The highest BCUT2D eigenvalue weighted by molar-refractivity contribution is 5.85. The predicted molar refractivity (Wildman–Crippen MR) is 135 cm³/mol. The van der Waals surface area contributed by atoms with E-state index in [1.165, 1.54) is 5.57 Å².